The van der Waals surface area contributed by atoms with Crippen molar-refractivity contribution in [2.45, 2.75) is 31.3 Å². The van der Waals surface area contributed by atoms with Crippen molar-refractivity contribution in [1.29, 1.82) is 0 Å². The van der Waals surface area contributed by atoms with Gasteiger partial charge in [-0.25, -0.2) is 13.1 Å². The number of carbonyl (C=O) groups is 2. The fourth-order valence-electron chi connectivity index (χ4n) is 2.18. The second-order valence-corrected chi connectivity index (χ2v) is 7.79. The summed E-state index contributed by atoms with van der Waals surface area (Å²) in [6.45, 7) is 3.52. The number of benzene rings is 1. The van der Waals surface area contributed by atoms with Crippen molar-refractivity contribution < 1.29 is 18.0 Å². The van der Waals surface area contributed by atoms with Crippen LogP contribution in [0.4, 0.5) is 0 Å². The highest BCUT2D eigenvalue weighted by molar-refractivity contribution is 7.89. The quantitative estimate of drug-likeness (QED) is 0.617. The van der Waals surface area contributed by atoms with Crippen LogP contribution in [0.1, 0.15) is 29.9 Å². The topological polar surface area (TPSA) is 117 Å². The molecule has 1 aromatic carbocycles. The minimum Gasteiger partial charge on any atom is -0.349 e. The van der Waals surface area contributed by atoms with E-state index in [1.54, 1.807) is 32.2 Å². The van der Waals surface area contributed by atoms with Gasteiger partial charge in [0.2, 0.25) is 15.9 Å². The number of nitrogens with one attached hydrogen (secondary N) is 3. The molecule has 8 nitrogen and oxygen atoms in total. The lowest BCUT2D eigenvalue weighted by molar-refractivity contribution is -0.120. The molecule has 0 radical (unpaired) electrons. The number of aromatic nitrogens is 1. The van der Waals surface area contributed by atoms with E-state index in [4.69, 9.17) is 0 Å². The van der Waals surface area contributed by atoms with Gasteiger partial charge in [-0.2, -0.15) is 0 Å². The molecular weight excluding hydrogens is 368 g/mol. The first-order valence-corrected chi connectivity index (χ1v) is 9.83. The minimum atomic E-state index is -3.61. The Morgan fingerprint density at radius 1 is 1.04 bits per heavy atom. The van der Waals surface area contributed by atoms with E-state index in [2.05, 4.69) is 20.3 Å². The van der Waals surface area contributed by atoms with Crippen LogP contribution in [0.15, 0.2) is 53.6 Å². The average Bonchev–Trinajstić information content (AvgIpc) is 2.64. The second kappa shape index (κ2) is 9.24. The number of sulfonamides is 1. The van der Waals surface area contributed by atoms with Gasteiger partial charge >= 0.3 is 0 Å². The zero-order chi connectivity index (χ0) is 19.9. The van der Waals surface area contributed by atoms with Crippen LogP contribution in [-0.4, -0.2) is 37.8 Å². The van der Waals surface area contributed by atoms with E-state index in [0.717, 1.165) is 0 Å². The summed E-state index contributed by atoms with van der Waals surface area (Å²) in [6.07, 6.45) is 1.63. The van der Waals surface area contributed by atoms with E-state index in [1.807, 2.05) is 6.07 Å². The molecule has 1 aromatic heterocycles. The van der Waals surface area contributed by atoms with E-state index in [9.17, 15) is 18.0 Å². The van der Waals surface area contributed by atoms with Gasteiger partial charge in [-0.05, 0) is 50.2 Å². The summed E-state index contributed by atoms with van der Waals surface area (Å²) in [5, 5.41) is 5.14. The van der Waals surface area contributed by atoms with Crippen molar-refractivity contribution >= 4 is 21.8 Å². The fraction of sp³-hybridized carbons (Fsp3) is 0.278. The molecule has 27 heavy (non-hydrogen) atoms. The van der Waals surface area contributed by atoms with Gasteiger partial charge in [0.15, 0.2) is 0 Å². The molecular formula is C18H22N4O4S. The zero-order valence-corrected chi connectivity index (χ0v) is 15.9. The third-order valence-corrected chi connectivity index (χ3v) is 5.09. The normalized spacial score (nSPS) is 11.2. The molecule has 0 spiro atoms. The van der Waals surface area contributed by atoms with Gasteiger partial charge in [-0.3, -0.25) is 14.6 Å². The monoisotopic (exact) mass is 390 g/mol. The van der Waals surface area contributed by atoms with E-state index < -0.39 is 15.9 Å². The van der Waals surface area contributed by atoms with E-state index >= 15 is 0 Å². The number of amides is 2. The Balaban J connectivity index is 1.86. The highest BCUT2D eigenvalue weighted by Crippen LogP contribution is 2.11. The number of hydrogen-bond acceptors (Lipinski definition) is 5. The van der Waals surface area contributed by atoms with Crippen LogP contribution in [-0.2, 0) is 21.4 Å². The van der Waals surface area contributed by atoms with Crippen LogP contribution in [0, 0.1) is 0 Å². The molecule has 0 bridgehead atoms. The van der Waals surface area contributed by atoms with Crippen LogP contribution in [0.3, 0.4) is 0 Å². The first kappa shape index (κ1) is 20.5. The SMILES string of the molecule is CC(C)NS(=O)(=O)c1ccc(C(=O)NCC(=O)NCc2ccccn2)cc1. The van der Waals surface area contributed by atoms with Gasteiger partial charge < -0.3 is 10.6 Å². The van der Waals surface area contributed by atoms with Crippen LogP contribution in [0.2, 0.25) is 0 Å². The summed E-state index contributed by atoms with van der Waals surface area (Å²) in [6, 6.07) is 10.6. The molecule has 0 saturated heterocycles. The Bertz CT molecular complexity index is 881. The molecule has 0 aliphatic carbocycles. The lowest BCUT2D eigenvalue weighted by Gasteiger charge is -2.10. The maximum atomic E-state index is 12.1. The molecule has 2 amide bonds. The second-order valence-electron chi connectivity index (χ2n) is 6.08. The van der Waals surface area contributed by atoms with E-state index in [1.165, 1.54) is 24.3 Å². The van der Waals surface area contributed by atoms with Crippen LogP contribution < -0.4 is 15.4 Å². The molecule has 9 heteroatoms. The fourth-order valence-corrected chi connectivity index (χ4v) is 3.43. The molecule has 2 aromatic rings. The molecule has 0 saturated carbocycles. The van der Waals surface area contributed by atoms with Crippen molar-refractivity contribution in [3.05, 3.63) is 59.9 Å². The predicted molar refractivity (Wildman–Crippen MR) is 100 cm³/mol. The minimum absolute atomic E-state index is 0.0702. The summed E-state index contributed by atoms with van der Waals surface area (Å²) in [7, 11) is -3.61. The molecule has 0 aliphatic rings. The maximum absolute atomic E-state index is 12.1. The number of nitrogens with zero attached hydrogens (tertiary/aromatic N) is 1. The number of pyridine rings is 1. The Morgan fingerprint density at radius 3 is 2.33 bits per heavy atom. The predicted octanol–water partition coefficient (Wildman–Crippen LogP) is 0.815. The van der Waals surface area contributed by atoms with Gasteiger partial charge in [0.05, 0.1) is 23.7 Å². The zero-order valence-electron chi connectivity index (χ0n) is 15.1. The summed E-state index contributed by atoms with van der Waals surface area (Å²) in [5.41, 5.74) is 0.972. The first-order valence-electron chi connectivity index (χ1n) is 8.35. The van der Waals surface area contributed by atoms with Crippen molar-refractivity contribution in [2.24, 2.45) is 0 Å². The van der Waals surface area contributed by atoms with Gasteiger partial charge in [0.25, 0.3) is 5.91 Å². The molecule has 144 valence electrons. The third kappa shape index (κ3) is 6.46. The lowest BCUT2D eigenvalue weighted by atomic mass is 10.2. The Labute approximate surface area is 158 Å². The number of rotatable bonds is 8. The Morgan fingerprint density at radius 2 is 1.74 bits per heavy atom. The van der Waals surface area contributed by atoms with Crippen molar-refractivity contribution in [3.63, 3.8) is 0 Å². The number of carbonyl (C=O) groups excluding carboxylic acids is 2. The lowest BCUT2D eigenvalue weighted by Crippen LogP contribution is -2.36. The Kier molecular flexibility index (Phi) is 7.03. The largest absolute Gasteiger partial charge is 0.349 e. The first-order chi connectivity index (χ1) is 12.8. The van der Waals surface area contributed by atoms with Crippen molar-refractivity contribution in [3.8, 4) is 0 Å². The molecule has 0 aliphatic heterocycles. The molecule has 1 heterocycles. The van der Waals surface area contributed by atoms with Crippen molar-refractivity contribution in [2.75, 3.05) is 6.54 Å². The molecule has 3 N–H and O–H groups in total. The highest BCUT2D eigenvalue weighted by atomic mass is 32.2. The number of hydrogen-bond donors (Lipinski definition) is 3. The Hall–Kier alpha value is -2.78. The van der Waals surface area contributed by atoms with Gasteiger partial charge in [0.1, 0.15) is 0 Å². The van der Waals surface area contributed by atoms with Gasteiger partial charge in [0, 0.05) is 17.8 Å². The summed E-state index contributed by atoms with van der Waals surface area (Å²) >= 11 is 0. The molecule has 0 fully saturated rings. The summed E-state index contributed by atoms with van der Waals surface area (Å²) < 4.78 is 26.6. The molecule has 0 atom stereocenters. The van der Waals surface area contributed by atoms with Crippen LogP contribution >= 0.6 is 0 Å². The molecule has 2 rings (SSSR count). The standard InChI is InChI=1S/C18H22N4O4S/c1-13(2)22-27(25,26)16-8-6-14(7-9-16)18(24)21-12-17(23)20-11-15-5-3-4-10-19-15/h3-10,13,22H,11-12H2,1-2H3,(H,20,23)(H,21,24). The maximum Gasteiger partial charge on any atom is 0.251 e. The third-order valence-electron chi connectivity index (χ3n) is 3.42. The van der Waals surface area contributed by atoms with Gasteiger partial charge in [-0.15, -0.1) is 0 Å². The van der Waals surface area contributed by atoms with Crippen LogP contribution in [0.5, 0.6) is 0 Å². The molecule has 0 unspecified atom stereocenters. The van der Waals surface area contributed by atoms with E-state index in [0.29, 0.717) is 5.69 Å². The van der Waals surface area contributed by atoms with Crippen molar-refractivity contribution in [1.82, 2.24) is 20.3 Å². The smallest absolute Gasteiger partial charge is 0.251 e. The highest BCUT2D eigenvalue weighted by Gasteiger charge is 2.16. The van der Waals surface area contributed by atoms with Crippen LogP contribution in [0.25, 0.3) is 0 Å². The van der Waals surface area contributed by atoms with E-state index in [-0.39, 0.29) is 35.5 Å². The van der Waals surface area contributed by atoms with Gasteiger partial charge in [-0.1, -0.05) is 6.07 Å². The summed E-state index contributed by atoms with van der Waals surface area (Å²) in [4.78, 5) is 28.0. The summed E-state index contributed by atoms with van der Waals surface area (Å²) in [5.74, 6) is -0.821. The average molecular weight is 390 g/mol.